The fourth-order valence-corrected chi connectivity index (χ4v) is 7.43. The molecule has 4 rings (SSSR count). The van der Waals surface area contributed by atoms with Gasteiger partial charge in [-0.25, -0.2) is 4.79 Å². The van der Waals surface area contributed by atoms with Crippen LogP contribution < -0.4 is 10.6 Å². The summed E-state index contributed by atoms with van der Waals surface area (Å²) in [5.74, 6) is -0.248. The number of nitrogens with one attached hydrogen (secondary N) is 2. The van der Waals surface area contributed by atoms with Crippen LogP contribution in [0, 0.1) is 22.7 Å². The first-order valence-electron chi connectivity index (χ1n) is 13.8. The van der Waals surface area contributed by atoms with E-state index in [9.17, 15) is 19.8 Å². The smallest absolute Gasteiger partial charge is 0.407 e. The lowest BCUT2D eigenvalue weighted by atomic mass is 9.46. The van der Waals surface area contributed by atoms with E-state index in [-0.39, 0.29) is 48.3 Å². The molecule has 2 amide bonds. The molecule has 7 heteroatoms. The minimum Gasteiger partial charge on any atom is -0.446 e. The van der Waals surface area contributed by atoms with Crippen molar-refractivity contribution in [1.82, 2.24) is 10.6 Å². The Morgan fingerprint density at radius 3 is 2.44 bits per heavy atom. The molecule has 0 aromatic heterocycles. The number of rotatable bonds is 7. The van der Waals surface area contributed by atoms with Crippen molar-refractivity contribution in [2.45, 2.75) is 103 Å². The van der Waals surface area contributed by atoms with E-state index in [2.05, 4.69) is 17.6 Å². The summed E-state index contributed by atoms with van der Waals surface area (Å²) in [6, 6.07) is 9.97. The van der Waals surface area contributed by atoms with Gasteiger partial charge in [0, 0.05) is 24.4 Å². The Hall–Kier alpha value is -2.12. The van der Waals surface area contributed by atoms with E-state index in [0.717, 1.165) is 44.1 Å². The third-order valence-electron chi connectivity index (χ3n) is 9.59. The van der Waals surface area contributed by atoms with Crippen molar-refractivity contribution in [3.05, 3.63) is 35.9 Å². The first kappa shape index (κ1) is 26.9. The number of ether oxygens (including phenoxy) is 1. The van der Waals surface area contributed by atoms with E-state index >= 15 is 0 Å². The second kappa shape index (κ2) is 11.5. The Morgan fingerprint density at radius 2 is 1.75 bits per heavy atom. The van der Waals surface area contributed by atoms with E-state index in [1.807, 2.05) is 37.3 Å². The maximum atomic E-state index is 12.9. The van der Waals surface area contributed by atoms with Crippen molar-refractivity contribution >= 4 is 12.0 Å². The second-order valence-electron chi connectivity index (χ2n) is 11.9. The number of benzene rings is 1. The molecule has 1 aromatic rings. The number of amides is 2. The highest BCUT2D eigenvalue weighted by Crippen LogP contribution is 2.61. The number of aliphatic hydroxyl groups excluding tert-OH is 2. The predicted octanol–water partition coefficient (Wildman–Crippen LogP) is 4.31. The number of carbonyl (C=O) groups excluding carboxylic acids is 2. The Bertz CT molecular complexity index is 889. The lowest BCUT2D eigenvalue weighted by Crippen LogP contribution is -2.61. The highest BCUT2D eigenvalue weighted by Gasteiger charge is 2.60. The van der Waals surface area contributed by atoms with Gasteiger partial charge >= 0.3 is 6.09 Å². The van der Waals surface area contributed by atoms with Gasteiger partial charge in [0.05, 0.1) is 12.7 Å². The van der Waals surface area contributed by atoms with E-state index in [0.29, 0.717) is 19.4 Å². The van der Waals surface area contributed by atoms with E-state index in [1.165, 1.54) is 6.42 Å². The summed E-state index contributed by atoms with van der Waals surface area (Å²) in [4.78, 5) is 25.7. The van der Waals surface area contributed by atoms with Gasteiger partial charge in [0.25, 0.3) is 0 Å². The third kappa shape index (κ3) is 5.72. The second-order valence-corrected chi connectivity index (χ2v) is 11.9. The zero-order valence-corrected chi connectivity index (χ0v) is 21.9. The molecule has 0 aliphatic heterocycles. The summed E-state index contributed by atoms with van der Waals surface area (Å²) in [5.41, 5.74) is 0.0746. The molecule has 1 aromatic carbocycles. The zero-order chi connectivity index (χ0) is 25.8. The van der Waals surface area contributed by atoms with Crippen LogP contribution in [0.15, 0.2) is 30.3 Å². The lowest BCUT2D eigenvalue weighted by Gasteiger charge is -2.60. The quantitative estimate of drug-likeness (QED) is 0.446. The molecule has 0 heterocycles. The Morgan fingerprint density at radius 1 is 1.03 bits per heavy atom. The SMILES string of the molecule is C[C@]1(CO)[C@H]2CC[C@@H](O)[C@@H](CC(=O)NCc3ccccc3)[C@]2(C)CC[C@H]1OC(=O)NC1CCCCC1. The van der Waals surface area contributed by atoms with Crippen molar-refractivity contribution in [1.29, 1.82) is 0 Å². The van der Waals surface area contributed by atoms with Gasteiger partial charge in [-0.05, 0) is 61.3 Å². The number of aliphatic hydroxyl groups is 2. The van der Waals surface area contributed by atoms with Crippen LogP contribution in [0.5, 0.6) is 0 Å². The molecule has 3 saturated carbocycles. The number of hydrogen-bond donors (Lipinski definition) is 4. The average Bonchev–Trinajstić information content (AvgIpc) is 2.88. The molecule has 7 nitrogen and oxygen atoms in total. The van der Waals surface area contributed by atoms with Gasteiger partial charge in [-0.1, -0.05) is 63.4 Å². The number of hydrogen-bond acceptors (Lipinski definition) is 5. The molecule has 200 valence electrons. The molecule has 0 unspecified atom stereocenters. The van der Waals surface area contributed by atoms with E-state index in [1.54, 1.807) is 0 Å². The van der Waals surface area contributed by atoms with Gasteiger partial charge in [0.1, 0.15) is 6.10 Å². The fourth-order valence-electron chi connectivity index (χ4n) is 7.43. The Labute approximate surface area is 215 Å². The summed E-state index contributed by atoms with van der Waals surface area (Å²) >= 11 is 0. The van der Waals surface area contributed by atoms with Crippen molar-refractivity contribution in [2.24, 2.45) is 22.7 Å². The van der Waals surface area contributed by atoms with Crippen LogP contribution in [0.1, 0.15) is 83.6 Å². The molecule has 36 heavy (non-hydrogen) atoms. The van der Waals surface area contributed by atoms with Crippen molar-refractivity contribution in [3.63, 3.8) is 0 Å². The monoisotopic (exact) mass is 500 g/mol. The van der Waals surface area contributed by atoms with Gasteiger partial charge in [-0.2, -0.15) is 0 Å². The van der Waals surface area contributed by atoms with E-state index in [4.69, 9.17) is 4.74 Å². The molecule has 0 spiro atoms. The van der Waals surface area contributed by atoms with Crippen LogP contribution in [0.4, 0.5) is 4.79 Å². The largest absolute Gasteiger partial charge is 0.446 e. The van der Waals surface area contributed by atoms with Gasteiger partial charge in [0.2, 0.25) is 5.91 Å². The molecule has 0 bridgehead atoms. The molecule has 0 radical (unpaired) electrons. The molecular weight excluding hydrogens is 456 g/mol. The maximum absolute atomic E-state index is 12.9. The maximum Gasteiger partial charge on any atom is 0.407 e. The number of alkyl carbamates (subject to hydrolysis) is 1. The van der Waals surface area contributed by atoms with Gasteiger partial charge < -0.3 is 25.6 Å². The van der Waals surface area contributed by atoms with Crippen molar-refractivity contribution < 1.29 is 24.5 Å². The van der Waals surface area contributed by atoms with E-state index < -0.39 is 17.6 Å². The predicted molar refractivity (Wildman–Crippen MR) is 138 cm³/mol. The van der Waals surface area contributed by atoms with Gasteiger partial charge in [0.15, 0.2) is 0 Å². The molecular formula is C29H44N2O5. The van der Waals surface area contributed by atoms with Crippen LogP contribution in [-0.4, -0.2) is 47.1 Å². The van der Waals surface area contributed by atoms with Crippen LogP contribution in [-0.2, 0) is 16.1 Å². The summed E-state index contributed by atoms with van der Waals surface area (Å²) in [6.07, 6.45) is 7.02. The van der Waals surface area contributed by atoms with Crippen molar-refractivity contribution in [2.75, 3.05) is 6.61 Å². The van der Waals surface area contributed by atoms with Crippen molar-refractivity contribution in [3.8, 4) is 0 Å². The molecule has 3 aliphatic rings. The fraction of sp³-hybridized carbons (Fsp3) is 0.724. The lowest BCUT2D eigenvalue weighted by molar-refractivity contribution is -0.186. The molecule has 6 atom stereocenters. The molecule has 4 N–H and O–H groups in total. The minimum absolute atomic E-state index is 0.0338. The van der Waals surface area contributed by atoms with Gasteiger partial charge in [-0.15, -0.1) is 0 Å². The molecule has 3 fully saturated rings. The first-order valence-corrected chi connectivity index (χ1v) is 13.8. The van der Waals surface area contributed by atoms with Gasteiger partial charge in [-0.3, -0.25) is 4.79 Å². The highest BCUT2D eigenvalue weighted by molar-refractivity contribution is 5.76. The topological polar surface area (TPSA) is 108 Å². The summed E-state index contributed by atoms with van der Waals surface area (Å²) < 4.78 is 5.97. The summed E-state index contributed by atoms with van der Waals surface area (Å²) in [6.45, 7) is 4.53. The average molecular weight is 501 g/mol. The summed E-state index contributed by atoms with van der Waals surface area (Å²) in [5, 5.41) is 27.7. The Kier molecular flexibility index (Phi) is 8.61. The normalized spacial score (nSPS) is 34.9. The standard InChI is InChI=1S/C29H44N2O5/c1-28-16-15-25(36-27(35)31-21-11-7-4-8-12-21)29(2,19-32)24(28)14-13-23(33)22(28)17-26(34)30-18-20-9-5-3-6-10-20/h3,5-6,9-10,21-25,32-33H,4,7-8,11-19H2,1-2H3,(H,30,34)(H,31,35)/t22-,23-,24+,25-,28+,29+/m1/s1. The first-order chi connectivity index (χ1) is 17.3. The van der Waals surface area contributed by atoms with Crippen LogP contribution in [0.25, 0.3) is 0 Å². The minimum atomic E-state index is -0.629. The molecule has 0 saturated heterocycles. The van der Waals surface area contributed by atoms with Crippen LogP contribution in [0.3, 0.4) is 0 Å². The molecule has 3 aliphatic carbocycles. The highest BCUT2D eigenvalue weighted by atomic mass is 16.6. The third-order valence-corrected chi connectivity index (χ3v) is 9.59. The zero-order valence-electron chi connectivity index (χ0n) is 21.9. The van der Waals surface area contributed by atoms with Crippen LogP contribution in [0.2, 0.25) is 0 Å². The summed E-state index contributed by atoms with van der Waals surface area (Å²) in [7, 11) is 0. The Balaban J connectivity index is 1.42. The number of fused-ring (bicyclic) bond motifs is 1. The van der Waals surface area contributed by atoms with Crippen LogP contribution >= 0.6 is 0 Å². The number of carbonyl (C=O) groups is 2.